The number of amides is 1. The molecule has 2 aromatic rings. The van der Waals surface area contributed by atoms with Gasteiger partial charge in [-0.05, 0) is 63.9 Å². The van der Waals surface area contributed by atoms with E-state index in [0.717, 1.165) is 9.26 Å². The van der Waals surface area contributed by atoms with Gasteiger partial charge in [0.25, 0.3) is 5.91 Å². The summed E-state index contributed by atoms with van der Waals surface area (Å²) in [6, 6.07) is 13.2. The molecule has 2 aromatic carbocycles. The molecule has 0 heterocycles. The van der Waals surface area contributed by atoms with Gasteiger partial charge < -0.3 is 5.32 Å². The van der Waals surface area contributed by atoms with E-state index in [9.17, 15) is 4.79 Å². The molecule has 0 saturated heterocycles. The molecule has 21 heavy (non-hydrogen) atoms. The third-order valence-electron chi connectivity index (χ3n) is 3.18. The van der Waals surface area contributed by atoms with E-state index in [4.69, 9.17) is 11.6 Å². The van der Waals surface area contributed by atoms with E-state index >= 15 is 0 Å². The maximum Gasteiger partial charge on any atom is 0.256 e. The molecule has 110 valence electrons. The average molecular weight is 414 g/mol. The highest BCUT2D eigenvalue weighted by molar-refractivity contribution is 14.1. The fourth-order valence-corrected chi connectivity index (χ4v) is 2.68. The molecular weight excluding hydrogens is 397 g/mol. The molecule has 0 aliphatic rings. The van der Waals surface area contributed by atoms with Crippen LogP contribution in [0, 0.1) is 3.57 Å². The van der Waals surface area contributed by atoms with Crippen molar-refractivity contribution in [2.75, 3.05) is 5.32 Å². The molecule has 0 aromatic heterocycles. The molecule has 0 atom stereocenters. The molecule has 0 aliphatic heterocycles. The van der Waals surface area contributed by atoms with Gasteiger partial charge in [0.05, 0.1) is 5.56 Å². The monoisotopic (exact) mass is 413 g/mol. The topological polar surface area (TPSA) is 29.1 Å². The molecule has 2 nitrogen and oxygen atoms in total. The van der Waals surface area contributed by atoms with Crippen LogP contribution in [0.3, 0.4) is 0 Å². The van der Waals surface area contributed by atoms with Crippen molar-refractivity contribution in [3.8, 4) is 0 Å². The van der Waals surface area contributed by atoms with Gasteiger partial charge in [-0.15, -0.1) is 0 Å². The van der Waals surface area contributed by atoms with Crippen LogP contribution in [0.5, 0.6) is 0 Å². The van der Waals surface area contributed by atoms with Crippen molar-refractivity contribution in [2.45, 2.75) is 26.2 Å². The fourth-order valence-electron chi connectivity index (χ4n) is 1.92. The van der Waals surface area contributed by atoms with Gasteiger partial charge in [0.2, 0.25) is 0 Å². The Morgan fingerprint density at radius 3 is 2.29 bits per heavy atom. The smallest absolute Gasteiger partial charge is 0.256 e. The minimum Gasteiger partial charge on any atom is -0.322 e. The summed E-state index contributed by atoms with van der Waals surface area (Å²) in [6.45, 7) is 6.48. The Balaban J connectivity index is 2.18. The fraction of sp³-hybridized carbons (Fsp3) is 0.235. The lowest BCUT2D eigenvalue weighted by molar-refractivity contribution is 0.102. The maximum absolute atomic E-state index is 12.3. The first-order valence-corrected chi connectivity index (χ1v) is 8.10. The zero-order valence-corrected chi connectivity index (χ0v) is 15.1. The maximum atomic E-state index is 12.3. The molecule has 0 unspecified atom stereocenters. The van der Waals surface area contributed by atoms with Crippen molar-refractivity contribution in [1.82, 2.24) is 0 Å². The Labute approximate surface area is 144 Å². The summed E-state index contributed by atoms with van der Waals surface area (Å²) in [5, 5.41) is 3.46. The van der Waals surface area contributed by atoms with Crippen LogP contribution >= 0.6 is 34.2 Å². The van der Waals surface area contributed by atoms with Gasteiger partial charge in [-0.3, -0.25) is 4.79 Å². The Bertz CT molecular complexity index is 659. The van der Waals surface area contributed by atoms with Gasteiger partial charge in [-0.2, -0.15) is 0 Å². The Hall–Kier alpha value is -1.07. The first-order chi connectivity index (χ1) is 9.77. The molecule has 0 bridgehead atoms. The van der Waals surface area contributed by atoms with Gasteiger partial charge in [-0.25, -0.2) is 0 Å². The third-order valence-corrected chi connectivity index (χ3v) is 4.36. The predicted octanol–water partition coefficient (Wildman–Crippen LogP) is 5.49. The van der Waals surface area contributed by atoms with Gasteiger partial charge >= 0.3 is 0 Å². The molecule has 0 aliphatic carbocycles. The number of halogens is 2. The number of hydrogen-bond donors (Lipinski definition) is 1. The minimum absolute atomic E-state index is 0.102. The lowest BCUT2D eigenvalue weighted by atomic mass is 9.87. The van der Waals surface area contributed by atoms with Crippen LogP contribution in [0.25, 0.3) is 0 Å². The van der Waals surface area contributed by atoms with Crippen LogP contribution in [-0.2, 0) is 5.41 Å². The quantitative estimate of drug-likeness (QED) is 0.648. The summed E-state index contributed by atoms with van der Waals surface area (Å²) >= 11 is 8.08. The van der Waals surface area contributed by atoms with Crippen molar-refractivity contribution in [2.24, 2.45) is 0 Å². The summed E-state index contributed by atoms with van der Waals surface area (Å²) in [5.41, 5.74) is 2.70. The Morgan fingerprint density at radius 2 is 1.71 bits per heavy atom. The standard InChI is InChI=1S/C17H17ClINO/c1-17(2,3)11-4-7-13(8-5-11)20-16(21)14-10-12(18)6-9-15(14)19/h4-10H,1-3H3,(H,20,21). The number of benzene rings is 2. The van der Waals surface area contributed by atoms with Crippen LogP contribution in [0.4, 0.5) is 5.69 Å². The second-order valence-electron chi connectivity index (χ2n) is 5.91. The second-order valence-corrected chi connectivity index (χ2v) is 7.50. The van der Waals surface area contributed by atoms with E-state index in [1.54, 1.807) is 12.1 Å². The number of carbonyl (C=O) groups excluding carboxylic acids is 1. The molecule has 0 spiro atoms. The first-order valence-electron chi connectivity index (χ1n) is 6.64. The van der Waals surface area contributed by atoms with Crippen molar-refractivity contribution < 1.29 is 4.79 Å². The Kier molecular flexibility index (Phi) is 4.94. The van der Waals surface area contributed by atoms with Crippen molar-refractivity contribution >= 4 is 45.8 Å². The molecule has 0 saturated carbocycles. The van der Waals surface area contributed by atoms with Crippen LogP contribution in [0.15, 0.2) is 42.5 Å². The molecule has 2 rings (SSSR count). The normalized spacial score (nSPS) is 11.3. The van der Waals surface area contributed by atoms with Gasteiger partial charge in [-0.1, -0.05) is 44.5 Å². The third kappa shape index (κ3) is 4.20. The van der Waals surface area contributed by atoms with Crippen molar-refractivity contribution in [3.05, 3.63) is 62.2 Å². The highest BCUT2D eigenvalue weighted by atomic mass is 127. The summed E-state index contributed by atoms with van der Waals surface area (Å²) in [5.74, 6) is -0.148. The van der Waals surface area contributed by atoms with Crippen LogP contribution in [0.1, 0.15) is 36.7 Å². The van der Waals surface area contributed by atoms with Crippen LogP contribution in [0.2, 0.25) is 5.02 Å². The highest BCUT2D eigenvalue weighted by Gasteiger charge is 2.14. The molecule has 1 N–H and O–H groups in total. The van der Waals surface area contributed by atoms with E-state index in [1.165, 1.54) is 5.56 Å². The summed E-state index contributed by atoms with van der Waals surface area (Å²) < 4.78 is 0.876. The number of hydrogen-bond acceptors (Lipinski definition) is 1. The summed E-state index contributed by atoms with van der Waals surface area (Å²) in [6.07, 6.45) is 0. The van der Waals surface area contributed by atoms with Crippen LogP contribution in [-0.4, -0.2) is 5.91 Å². The highest BCUT2D eigenvalue weighted by Crippen LogP contribution is 2.24. The number of rotatable bonds is 2. The lowest BCUT2D eigenvalue weighted by Gasteiger charge is -2.19. The Morgan fingerprint density at radius 1 is 1.10 bits per heavy atom. The molecular formula is C17H17ClINO. The van der Waals surface area contributed by atoms with E-state index in [1.807, 2.05) is 30.3 Å². The zero-order chi connectivity index (χ0) is 15.6. The van der Waals surface area contributed by atoms with Crippen molar-refractivity contribution in [1.29, 1.82) is 0 Å². The van der Waals surface area contributed by atoms with E-state index in [0.29, 0.717) is 10.6 Å². The number of carbonyl (C=O) groups is 1. The van der Waals surface area contributed by atoms with Gasteiger partial charge in [0.15, 0.2) is 0 Å². The van der Waals surface area contributed by atoms with Crippen molar-refractivity contribution in [3.63, 3.8) is 0 Å². The minimum atomic E-state index is -0.148. The summed E-state index contributed by atoms with van der Waals surface area (Å²) in [7, 11) is 0. The van der Waals surface area contributed by atoms with E-state index < -0.39 is 0 Å². The van der Waals surface area contributed by atoms with E-state index in [-0.39, 0.29) is 11.3 Å². The van der Waals surface area contributed by atoms with Crippen LogP contribution < -0.4 is 5.32 Å². The molecule has 1 amide bonds. The number of nitrogens with one attached hydrogen (secondary N) is 1. The largest absolute Gasteiger partial charge is 0.322 e. The van der Waals surface area contributed by atoms with E-state index in [2.05, 4.69) is 48.7 Å². The molecule has 4 heteroatoms. The molecule has 0 fully saturated rings. The van der Waals surface area contributed by atoms with Gasteiger partial charge in [0, 0.05) is 14.3 Å². The average Bonchev–Trinajstić information content (AvgIpc) is 2.41. The second kappa shape index (κ2) is 6.36. The first kappa shape index (κ1) is 16.3. The zero-order valence-electron chi connectivity index (χ0n) is 12.2. The van der Waals surface area contributed by atoms with Gasteiger partial charge in [0.1, 0.15) is 0 Å². The lowest BCUT2D eigenvalue weighted by Crippen LogP contribution is -2.14. The summed E-state index contributed by atoms with van der Waals surface area (Å²) in [4.78, 5) is 12.3. The SMILES string of the molecule is CC(C)(C)c1ccc(NC(=O)c2cc(Cl)ccc2I)cc1. The number of anilines is 1. The molecule has 0 radical (unpaired) electrons. The predicted molar refractivity (Wildman–Crippen MR) is 97.3 cm³/mol.